The van der Waals surface area contributed by atoms with Crippen LogP contribution in [0.2, 0.25) is 0 Å². The van der Waals surface area contributed by atoms with Crippen LogP contribution in [0.4, 0.5) is 0 Å². The lowest BCUT2D eigenvalue weighted by Gasteiger charge is -2.21. The molecule has 0 radical (unpaired) electrons. The van der Waals surface area contributed by atoms with Crippen LogP contribution in [-0.2, 0) is 4.79 Å². The van der Waals surface area contributed by atoms with E-state index in [1.165, 1.54) is 11.1 Å². The minimum atomic E-state index is 0.420. The third-order valence-corrected chi connectivity index (χ3v) is 6.06. The highest BCUT2D eigenvalue weighted by molar-refractivity contribution is 5.89. The number of nitrogens with one attached hydrogen (secondary N) is 2. The molecule has 7 heteroatoms. The summed E-state index contributed by atoms with van der Waals surface area (Å²) in [6.45, 7) is 4.08. The summed E-state index contributed by atoms with van der Waals surface area (Å²) >= 11 is 0. The Balaban J connectivity index is 0.000000129. The van der Waals surface area contributed by atoms with Gasteiger partial charge in [-0.3, -0.25) is 14.8 Å². The lowest BCUT2D eigenvalue weighted by atomic mass is 10.0. The van der Waals surface area contributed by atoms with Gasteiger partial charge >= 0.3 is 0 Å². The Morgan fingerprint density at radius 1 is 0.848 bits per heavy atom. The van der Waals surface area contributed by atoms with Gasteiger partial charge in [-0.25, -0.2) is 0 Å². The molecule has 6 heterocycles. The Morgan fingerprint density at radius 2 is 1.58 bits per heavy atom. The van der Waals surface area contributed by atoms with Gasteiger partial charge in [0.05, 0.1) is 22.1 Å². The molecule has 172 valence electrons. The van der Waals surface area contributed by atoms with Crippen LogP contribution in [0.1, 0.15) is 24.8 Å². The second-order valence-electron chi connectivity index (χ2n) is 8.60. The summed E-state index contributed by atoms with van der Waals surface area (Å²) in [5, 5.41) is 0. The number of likely N-dealkylation sites (N-methyl/N-ethyl adjacent to an activating group) is 1. The predicted molar refractivity (Wildman–Crippen MR) is 134 cm³/mol. The number of fused-ring (bicyclic) bond motifs is 2. The van der Waals surface area contributed by atoms with E-state index in [0.717, 1.165) is 67.5 Å². The van der Waals surface area contributed by atoms with E-state index in [1.54, 1.807) is 6.20 Å². The predicted octanol–water partition coefficient (Wildman–Crippen LogP) is 4.13. The van der Waals surface area contributed by atoms with Gasteiger partial charge in [-0.2, -0.15) is 0 Å². The highest BCUT2D eigenvalue weighted by Crippen LogP contribution is 2.27. The van der Waals surface area contributed by atoms with Gasteiger partial charge in [-0.1, -0.05) is 6.08 Å². The van der Waals surface area contributed by atoms with Crippen LogP contribution < -0.4 is 0 Å². The Labute approximate surface area is 194 Å². The minimum absolute atomic E-state index is 0.420. The standard InChI is InChI=1S/C13H15N3.C7H6N2.C6H11NO/c1-16-7-4-10(5-8-16)11-9-15-12-3-2-6-14-13(11)12;1-2-6-7(8-4-1)3-5-9-6;1-7-4-2-6(8)3-5-7/h2-4,6,9,15H,5,7-8H2,1H3;1-5,9H;2-5H2,1H3. The summed E-state index contributed by atoms with van der Waals surface area (Å²) in [7, 11) is 4.20. The van der Waals surface area contributed by atoms with Crippen LogP contribution in [-0.4, -0.2) is 75.8 Å². The summed E-state index contributed by atoms with van der Waals surface area (Å²) in [5.41, 5.74) is 7.03. The fourth-order valence-corrected chi connectivity index (χ4v) is 3.97. The molecular weight excluding hydrogens is 412 g/mol. The zero-order valence-corrected chi connectivity index (χ0v) is 19.4. The maximum atomic E-state index is 10.6. The Kier molecular flexibility index (Phi) is 7.65. The van der Waals surface area contributed by atoms with Gasteiger partial charge in [0, 0.05) is 69.4 Å². The number of piperidine rings is 1. The molecular formula is C26H32N6O. The van der Waals surface area contributed by atoms with Crippen LogP contribution in [0.3, 0.4) is 0 Å². The first-order chi connectivity index (χ1) is 16.1. The number of carbonyl (C=O) groups is 1. The van der Waals surface area contributed by atoms with Gasteiger partial charge in [0.1, 0.15) is 5.78 Å². The van der Waals surface area contributed by atoms with Gasteiger partial charge in [0.15, 0.2) is 0 Å². The summed E-state index contributed by atoms with van der Waals surface area (Å²) in [4.78, 5) is 30.0. The number of aromatic nitrogens is 4. The van der Waals surface area contributed by atoms with E-state index < -0.39 is 0 Å². The van der Waals surface area contributed by atoms with E-state index in [1.807, 2.05) is 43.7 Å². The van der Waals surface area contributed by atoms with Crippen molar-refractivity contribution in [3.8, 4) is 0 Å². The number of hydrogen-bond donors (Lipinski definition) is 2. The number of nitrogens with zero attached hydrogens (tertiary/aromatic N) is 4. The van der Waals surface area contributed by atoms with E-state index >= 15 is 0 Å². The molecule has 0 aliphatic carbocycles. The van der Waals surface area contributed by atoms with Crippen molar-refractivity contribution in [2.45, 2.75) is 19.3 Å². The largest absolute Gasteiger partial charge is 0.360 e. The number of rotatable bonds is 1. The van der Waals surface area contributed by atoms with Crippen molar-refractivity contribution in [2.24, 2.45) is 0 Å². The molecule has 0 bridgehead atoms. The molecule has 4 aromatic heterocycles. The molecule has 1 saturated heterocycles. The minimum Gasteiger partial charge on any atom is -0.360 e. The molecule has 0 spiro atoms. The number of carbonyl (C=O) groups excluding carboxylic acids is 1. The number of aromatic amines is 2. The van der Waals surface area contributed by atoms with E-state index in [-0.39, 0.29) is 0 Å². The molecule has 4 aromatic rings. The quantitative estimate of drug-likeness (QED) is 0.461. The lowest BCUT2D eigenvalue weighted by Crippen LogP contribution is -2.29. The van der Waals surface area contributed by atoms with Gasteiger partial charge in [-0.15, -0.1) is 0 Å². The molecule has 6 rings (SSSR count). The Bertz CT molecular complexity index is 1180. The molecule has 2 aliphatic rings. The SMILES string of the molecule is CN1CC=C(c2c[nH]c3cccnc23)CC1.CN1CCC(=O)CC1.c1cnc2cc[nH]c2c1. The number of H-pyrrole nitrogens is 2. The third-order valence-electron chi connectivity index (χ3n) is 6.06. The fourth-order valence-electron chi connectivity index (χ4n) is 3.97. The molecule has 0 amide bonds. The molecule has 2 aliphatic heterocycles. The molecule has 7 nitrogen and oxygen atoms in total. The highest BCUT2D eigenvalue weighted by atomic mass is 16.1. The zero-order chi connectivity index (χ0) is 23.0. The second kappa shape index (κ2) is 11.0. The molecule has 0 atom stereocenters. The van der Waals surface area contributed by atoms with Crippen LogP contribution in [0.25, 0.3) is 27.6 Å². The van der Waals surface area contributed by atoms with Gasteiger partial charge in [-0.05, 0) is 56.4 Å². The van der Waals surface area contributed by atoms with Gasteiger partial charge in [0.2, 0.25) is 0 Å². The van der Waals surface area contributed by atoms with Crippen molar-refractivity contribution in [2.75, 3.05) is 40.3 Å². The average Bonchev–Trinajstić information content (AvgIpc) is 3.50. The number of hydrogen-bond acceptors (Lipinski definition) is 5. The third kappa shape index (κ3) is 6.15. The van der Waals surface area contributed by atoms with Crippen molar-refractivity contribution >= 4 is 33.4 Å². The fraction of sp³-hybridized carbons (Fsp3) is 0.346. The van der Waals surface area contributed by atoms with Crippen LogP contribution >= 0.6 is 0 Å². The number of likely N-dealkylation sites (tertiary alicyclic amines) is 1. The maximum Gasteiger partial charge on any atom is 0.135 e. The lowest BCUT2D eigenvalue weighted by molar-refractivity contribution is -0.121. The van der Waals surface area contributed by atoms with Crippen molar-refractivity contribution in [3.63, 3.8) is 0 Å². The van der Waals surface area contributed by atoms with E-state index in [0.29, 0.717) is 5.78 Å². The van der Waals surface area contributed by atoms with Crippen molar-refractivity contribution in [3.05, 3.63) is 66.8 Å². The molecule has 0 aromatic carbocycles. The van der Waals surface area contributed by atoms with E-state index in [2.05, 4.69) is 55.1 Å². The van der Waals surface area contributed by atoms with Crippen molar-refractivity contribution < 1.29 is 4.79 Å². The first-order valence-electron chi connectivity index (χ1n) is 11.5. The molecule has 0 saturated carbocycles. The zero-order valence-electron chi connectivity index (χ0n) is 19.4. The van der Waals surface area contributed by atoms with Crippen LogP contribution in [0.5, 0.6) is 0 Å². The Morgan fingerprint density at radius 3 is 2.27 bits per heavy atom. The summed E-state index contributed by atoms with van der Waals surface area (Å²) in [6.07, 6.45) is 12.5. The van der Waals surface area contributed by atoms with Gasteiger partial charge in [0.25, 0.3) is 0 Å². The topological polar surface area (TPSA) is 80.9 Å². The van der Waals surface area contributed by atoms with E-state index in [9.17, 15) is 4.79 Å². The summed E-state index contributed by atoms with van der Waals surface area (Å²) in [6, 6.07) is 9.91. The second-order valence-corrected chi connectivity index (χ2v) is 8.60. The van der Waals surface area contributed by atoms with Crippen molar-refractivity contribution in [1.29, 1.82) is 0 Å². The van der Waals surface area contributed by atoms with Crippen molar-refractivity contribution in [1.82, 2.24) is 29.7 Å². The number of Topliss-reactive ketones (excluding diaryl/α,β-unsaturated/α-hetero) is 1. The number of ketones is 1. The molecule has 1 fully saturated rings. The normalized spacial score (nSPS) is 17.2. The highest BCUT2D eigenvalue weighted by Gasteiger charge is 2.13. The number of pyridine rings is 2. The first-order valence-corrected chi connectivity index (χ1v) is 11.5. The molecule has 33 heavy (non-hydrogen) atoms. The molecule has 0 unspecified atom stereocenters. The Hall–Kier alpha value is -3.29. The van der Waals surface area contributed by atoms with Gasteiger partial charge < -0.3 is 19.8 Å². The summed E-state index contributed by atoms with van der Waals surface area (Å²) in [5.74, 6) is 0.420. The maximum absolute atomic E-state index is 10.6. The van der Waals surface area contributed by atoms with Crippen LogP contribution in [0, 0.1) is 0 Å². The van der Waals surface area contributed by atoms with E-state index in [4.69, 9.17) is 0 Å². The average molecular weight is 445 g/mol. The monoisotopic (exact) mass is 444 g/mol. The van der Waals surface area contributed by atoms with Crippen LogP contribution in [0.15, 0.2) is 61.2 Å². The first kappa shape index (κ1) is 22.9. The summed E-state index contributed by atoms with van der Waals surface area (Å²) < 4.78 is 0. The molecule has 2 N–H and O–H groups in total. The smallest absolute Gasteiger partial charge is 0.135 e.